The van der Waals surface area contributed by atoms with E-state index in [9.17, 15) is 22.7 Å². The van der Waals surface area contributed by atoms with Gasteiger partial charge >= 0.3 is 0 Å². The van der Waals surface area contributed by atoms with Crippen LogP contribution < -0.4 is 5.73 Å². The van der Waals surface area contributed by atoms with Crippen molar-refractivity contribution >= 4 is 22.0 Å². The normalized spacial score (nSPS) is 21.4. The smallest absolute Gasteiger partial charge is 0.249 e. The molecule has 0 saturated heterocycles. The maximum atomic E-state index is 13.7. The lowest BCUT2D eigenvalue weighted by Crippen LogP contribution is -2.44. The zero-order valence-corrected chi connectivity index (χ0v) is 22.9. The van der Waals surface area contributed by atoms with E-state index in [-0.39, 0.29) is 41.6 Å². The van der Waals surface area contributed by atoms with Gasteiger partial charge in [0.05, 0.1) is 29.4 Å². The van der Waals surface area contributed by atoms with Crippen LogP contribution in [0.25, 0.3) is 11.8 Å². The molecule has 5 rings (SSSR count). The molecule has 8 nitrogen and oxygen atoms in total. The molecule has 2 aliphatic rings. The highest BCUT2D eigenvalue weighted by Crippen LogP contribution is 2.53. The molecule has 1 fully saturated rings. The van der Waals surface area contributed by atoms with E-state index < -0.39 is 22.0 Å². The summed E-state index contributed by atoms with van der Waals surface area (Å²) in [5.74, 6) is -1.34. The van der Waals surface area contributed by atoms with Crippen LogP contribution in [0, 0.1) is 17.2 Å². The number of hydrogen-bond acceptors (Lipinski definition) is 5. The van der Waals surface area contributed by atoms with Crippen LogP contribution in [0.3, 0.4) is 0 Å². The van der Waals surface area contributed by atoms with Gasteiger partial charge in [-0.15, -0.1) is 0 Å². The Kier molecular flexibility index (Phi) is 7.21. The van der Waals surface area contributed by atoms with Crippen molar-refractivity contribution in [3.8, 4) is 5.69 Å². The minimum absolute atomic E-state index is 0.0194. The fourth-order valence-electron chi connectivity index (χ4n) is 6.03. The number of allylic oxidation sites excluding steroid dienone is 1. The third-order valence-electron chi connectivity index (χ3n) is 8.13. The van der Waals surface area contributed by atoms with E-state index >= 15 is 0 Å². The molecular formula is C29H33FN4O4S. The van der Waals surface area contributed by atoms with Crippen LogP contribution in [0.2, 0.25) is 0 Å². The summed E-state index contributed by atoms with van der Waals surface area (Å²) in [5, 5.41) is 14.8. The number of primary amides is 1. The molecule has 2 aliphatic carbocycles. The number of nitrogens with two attached hydrogens (primary N) is 1. The number of aliphatic hydroxyl groups excluding tert-OH is 1. The van der Waals surface area contributed by atoms with E-state index in [1.54, 1.807) is 37.3 Å². The van der Waals surface area contributed by atoms with Gasteiger partial charge in [-0.3, -0.25) is 4.79 Å². The summed E-state index contributed by atoms with van der Waals surface area (Å²) < 4.78 is 43.9. The fourth-order valence-corrected chi connectivity index (χ4v) is 7.71. The SMILES string of the molecule is C[C@@H](O)CN(C[C@H]1CCC2=Cc3c(cnn3-c3ccc(F)cc3)C[C@@]21C)S(=O)(=O)Cc1ccccc1C(N)=O. The molecule has 0 spiro atoms. The first-order valence-electron chi connectivity index (χ1n) is 13.1. The molecule has 1 saturated carbocycles. The van der Waals surface area contributed by atoms with E-state index in [1.165, 1.54) is 28.1 Å². The number of amides is 1. The van der Waals surface area contributed by atoms with Crippen molar-refractivity contribution in [1.82, 2.24) is 14.1 Å². The van der Waals surface area contributed by atoms with Crippen LogP contribution in [-0.4, -0.2) is 52.7 Å². The number of carbonyl (C=O) groups is 1. The summed E-state index contributed by atoms with van der Waals surface area (Å²) in [6.45, 7) is 3.95. The minimum atomic E-state index is -3.88. The Bertz CT molecular complexity index is 1530. The third kappa shape index (κ3) is 5.28. The number of nitrogens with zero attached hydrogens (tertiary/aromatic N) is 3. The fraction of sp³-hybridized carbons (Fsp3) is 0.379. The second-order valence-corrected chi connectivity index (χ2v) is 12.9. The first kappa shape index (κ1) is 27.2. The van der Waals surface area contributed by atoms with Crippen molar-refractivity contribution in [3.05, 3.63) is 88.5 Å². The molecule has 39 heavy (non-hydrogen) atoms. The third-order valence-corrected chi connectivity index (χ3v) is 9.89. The Hall–Kier alpha value is -3.34. The number of rotatable bonds is 9. The van der Waals surface area contributed by atoms with Crippen LogP contribution in [-0.2, 0) is 22.2 Å². The Balaban J connectivity index is 1.41. The largest absolute Gasteiger partial charge is 0.392 e. The predicted octanol–water partition coefficient (Wildman–Crippen LogP) is 3.68. The van der Waals surface area contributed by atoms with Crippen LogP contribution in [0.15, 0.2) is 60.3 Å². The quantitative estimate of drug-likeness (QED) is 0.420. The lowest BCUT2D eigenvalue weighted by Gasteiger charge is -2.38. The highest BCUT2D eigenvalue weighted by Gasteiger charge is 2.47. The molecule has 3 N–H and O–H groups in total. The molecule has 1 aromatic heterocycles. The van der Waals surface area contributed by atoms with Gasteiger partial charge in [0.2, 0.25) is 15.9 Å². The number of aromatic nitrogens is 2. The summed E-state index contributed by atoms with van der Waals surface area (Å²) in [5.41, 5.74) is 9.75. The van der Waals surface area contributed by atoms with Crippen LogP contribution in [0.1, 0.15) is 53.9 Å². The van der Waals surface area contributed by atoms with Gasteiger partial charge in [-0.05, 0) is 85.1 Å². The molecule has 0 unspecified atom stereocenters. The van der Waals surface area contributed by atoms with Gasteiger partial charge in [0.15, 0.2) is 0 Å². The maximum Gasteiger partial charge on any atom is 0.249 e. The van der Waals surface area contributed by atoms with Gasteiger partial charge in [-0.2, -0.15) is 9.40 Å². The summed E-state index contributed by atoms with van der Waals surface area (Å²) in [7, 11) is -3.88. The molecule has 3 atom stereocenters. The number of fused-ring (bicyclic) bond motifs is 2. The number of carbonyl (C=O) groups excluding carboxylic acids is 1. The molecule has 2 aromatic carbocycles. The topological polar surface area (TPSA) is 119 Å². The Morgan fingerprint density at radius 3 is 2.67 bits per heavy atom. The van der Waals surface area contributed by atoms with Gasteiger partial charge in [-0.1, -0.05) is 30.7 Å². The predicted molar refractivity (Wildman–Crippen MR) is 147 cm³/mol. The van der Waals surface area contributed by atoms with Gasteiger partial charge in [0, 0.05) is 18.7 Å². The van der Waals surface area contributed by atoms with Crippen LogP contribution >= 0.6 is 0 Å². The molecular weight excluding hydrogens is 519 g/mol. The average Bonchev–Trinajstić information content (AvgIpc) is 3.42. The zero-order chi connectivity index (χ0) is 27.9. The standard InChI is InChI=1S/C29H33FN4O4S/c1-19(35)16-33(39(37,38)18-20-5-3-4-6-26(20)28(31)36)17-23-8-7-22-13-27-21(14-29(22,23)2)15-32-34(27)25-11-9-24(30)10-12-25/h3-6,9-13,15,19,23,35H,7-8,14,16-18H2,1-2H3,(H2,31,36)/t19-,23-,29+/m1/s1. The van der Waals surface area contributed by atoms with Crippen molar-refractivity contribution in [2.75, 3.05) is 13.1 Å². The molecule has 1 amide bonds. The summed E-state index contributed by atoms with van der Waals surface area (Å²) in [6, 6.07) is 12.7. The van der Waals surface area contributed by atoms with Crippen molar-refractivity contribution in [2.24, 2.45) is 17.1 Å². The number of sulfonamides is 1. The first-order valence-corrected chi connectivity index (χ1v) is 14.7. The number of benzene rings is 2. The van der Waals surface area contributed by atoms with Gasteiger partial charge in [0.1, 0.15) is 5.82 Å². The average molecular weight is 553 g/mol. The second-order valence-electron chi connectivity index (χ2n) is 10.9. The number of aliphatic hydroxyl groups is 1. The molecule has 206 valence electrons. The molecule has 0 aliphatic heterocycles. The lowest BCUT2D eigenvalue weighted by molar-refractivity contribution is 0.0999. The van der Waals surface area contributed by atoms with Crippen molar-refractivity contribution < 1.29 is 22.7 Å². The van der Waals surface area contributed by atoms with E-state index in [1.807, 2.05) is 10.9 Å². The van der Waals surface area contributed by atoms with Gasteiger partial charge in [0.25, 0.3) is 0 Å². The summed E-state index contributed by atoms with van der Waals surface area (Å²) >= 11 is 0. The molecule has 3 aromatic rings. The Morgan fingerprint density at radius 2 is 1.97 bits per heavy atom. The van der Waals surface area contributed by atoms with Crippen LogP contribution in [0.5, 0.6) is 0 Å². The molecule has 0 radical (unpaired) electrons. The van der Waals surface area contributed by atoms with Crippen molar-refractivity contribution in [1.29, 1.82) is 0 Å². The van der Waals surface area contributed by atoms with E-state index in [0.29, 0.717) is 12.0 Å². The summed E-state index contributed by atoms with van der Waals surface area (Å²) in [4.78, 5) is 11.9. The number of halogens is 1. The van der Waals surface area contributed by atoms with Crippen molar-refractivity contribution in [3.63, 3.8) is 0 Å². The lowest BCUT2D eigenvalue weighted by atomic mass is 9.70. The monoisotopic (exact) mass is 552 g/mol. The van der Waals surface area contributed by atoms with E-state index in [2.05, 4.69) is 18.1 Å². The molecule has 1 heterocycles. The highest BCUT2D eigenvalue weighted by molar-refractivity contribution is 7.88. The zero-order valence-electron chi connectivity index (χ0n) is 22.0. The van der Waals surface area contributed by atoms with E-state index in [0.717, 1.165) is 29.8 Å². The highest BCUT2D eigenvalue weighted by atomic mass is 32.2. The van der Waals surface area contributed by atoms with E-state index in [4.69, 9.17) is 5.73 Å². The summed E-state index contributed by atoms with van der Waals surface area (Å²) in [6.07, 6.45) is 5.45. The van der Waals surface area contributed by atoms with Crippen LogP contribution in [0.4, 0.5) is 4.39 Å². The minimum Gasteiger partial charge on any atom is -0.392 e. The first-order chi connectivity index (χ1) is 18.5. The Morgan fingerprint density at radius 1 is 1.26 bits per heavy atom. The van der Waals surface area contributed by atoms with Gasteiger partial charge in [-0.25, -0.2) is 17.5 Å². The maximum absolute atomic E-state index is 13.7. The molecule has 10 heteroatoms. The second kappa shape index (κ2) is 10.3. The van der Waals surface area contributed by atoms with Gasteiger partial charge < -0.3 is 10.8 Å². The number of hydrogen-bond donors (Lipinski definition) is 2. The Labute approximate surface area is 228 Å². The van der Waals surface area contributed by atoms with Crippen molar-refractivity contribution in [2.45, 2.75) is 45.0 Å². The molecule has 0 bridgehead atoms.